The third-order valence-electron chi connectivity index (χ3n) is 6.81. The third-order valence-corrected chi connectivity index (χ3v) is 6.81. The van der Waals surface area contributed by atoms with Crippen LogP contribution < -0.4 is 10.2 Å². The standard InChI is InChI=1S/C29H34F3N5O/c1-18(2)23-7-6-8-24(19(3)4)26(23)35-28(38)37-15-13-36(14-16-37)25-17-20(5)33-27(34-25)21-9-11-22(12-10-21)29(30,31)32/h6-12,17-19H,13-16H2,1-5H3,(H,35,38). The van der Waals surface area contributed by atoms with Crippen LogP contribution in [0.3, 0.4) is 0 Å². The molecule has 0 saturated carbocycles. The second-order valence-corrected chi connectivity index (χ2v) is 10.3. The zero-order chi connectivity index (χ0) is 27.6. The van der Waals surface area contributed by atoms with E-state index < -0.39 is 11.7 Å². The molecule has 1 N–H and O–H groups in total. The van der Waals surface area contributed by atoms with Gasteiger partial charge in [0.2, 0.25) is 0 Å². The average Bonchev–Trinajstić information content (AvgIpc) is 2.87. The molecule has 6 nitrogen and oxygen atoms in total. The first-order valence-corrected chi connectivity index (χ1v) is 12.9. The number of nitrogens with zero attached hydrogens (tertiary/aromatic N) is 4. The average molecular weight is 526 g/mol. The maximum atomic E-state index is 13.2. The lowest BCUT2D eigenvalue weighted by Crippen LogP contribution is -2.50. The summed E-state index contributed by atoms with van der Waals surface area (Å²) in [5, 5.41) is 3.18. The van der Waals surface area contributed by atoms with Crippen LogP contribution in [0.4, 0.5) is 29.5 Å². The Morgan fingerprint density at radius 3 is 2.00 bits per heavy atom. The Bertz CT molecular complexity index is 1250. The number of carbonyl (C=O) groups is 1. The van der Waals surface area contributed by atoms with Gasteiger partial charge in [0.05, 0.1) is 5.56 Å². The van der Waals surface area contributed by atoms with Crippen LogP contribution in [0.1, 0.15) is 61.9 Å². The molecular formula is C29H34F3N5O. The van der Waals surface area contributed by atoms with Crippen molar-refractivity contribution in [3.8, 4) is 11.4 Å². The predicted molar refractivity (Wildman–Crippen MR) is 145 cm³/mol. The molecule has 0 bridgehead atoms. The van der Waals surface area contributed by atoms with Crippen molar-refractivity contribution in [1.29, 1.82) is 0 Å². The van der Waals surface area contributed by atoms with Gasteiger partial charge in [-0.25, -0.2) is 14.8 Å². The maximum absolute atomic E-state index is 13.2. The molecule has 4 rings (SSSR count). The number of halogens is 3. The number of amides is 2. The zero-order valence-electron chi connectivity index (χ0n) is 22.4. The number of para-hydroxylation sites is 1. The first-order valence-electron chi connectivity index (χ1n) is 12.9. The highest BCUT2D eigenvalue weighted by Gasteiger charge is 2.30. The molecule has 0 atom stereocenters. The van der Waals surface area contributed by atoms with E-state index in [9.17, 15) is 18.0 Å². The van der Waals surface area contributed by atoms with Gasteiger partial charge in [-0.3, -0.25) is 0 Å². The number of piperazine rings is 1. The van der Waals surface area contributed by atoms with Crippen LogP contribution in [-0.2, 0) is 6.18 Å². The molecule has 2 amide bonds. The van der Waals surface area contributed by atoms with E-state index in [0.29, 0.717) is 43.4 Å². The molecule has 202 valence electrons. The number of benzene rings is 2. The van der Waals surface area contributed by atoms with Crippen molar-refractivity contribution in [2.45, 2.75) is 52.6 Å². The van der Waals surface area contributed by atoms with Gasteiger partial charge in [0.15, 0.2) is 5.82 Å². The smallest absolute Gasteiger partial charge is 0.353 e. The summed E-state index contributed by atoms with van der Waals surface area (Å²) in [6.45, 7) is 12.5. The molecule has 1 aromatic heterocycles. The summed E-state index contributed by atoms with van der Waals surface area (Å²) in [4.78, 5) is 26.2. The summed E-state index contributed by atoms with van der Waals surface area (Å²) >= 11 is 0. The highest BCUT2D eigenvalue weighted by Crippen LogP contribution is 2.33. The van der Waals surface area contributed by atoms with Crippen molar-refractivity contribution in [1.82, 2.24) is 14.9 Å². The van der Waals surface area contributed by atoms with E-state index in [4.69, 9.17) is 0 Å². The number of urea groups is 1. The quantitative estimate of drug-likeness (QED) is 0.387. The second-order valence-electron chi connectivity index (χ2n) is 10.3. The number of anilines is 2. The fraction of sp³-hybridized carbons (Fsp3) is 0.414. The van der Waals surface area contributed by atoms with Gasteiger partial charge in [-0.2, -0.15) is 13.2 Å². The molecule has 1 aliphatic heterocycles. The molecule has 0 radical (unpaired) electrons. The Balaban J connectivity index is 1.46. The Labute approximate surface area is 221 Å². The summed E-state index contributed by atoms with van der Waals surface area (Å²) in [5.74, 6) is 1.63. The fourth-order valence-electron chi connectivity index (χ4n) is 4.67. The number of alkyl halides is 3. The third kappa shape index (κ3) is 6.09. The zero-order valence-corrected chi connectivity index (χ0v) is 22.4. The molecule has 0 spiro atoms. The second kappa shape index (κ2) is 11.0. The van der Waals surface area contributed by atoms with Gasteiger partial charge in [0, 0.05) is 49.2 Å². The molecule has 2 heterocycles. The van der Waals surface area contributed by atoms with E-state index >= 15 is 0 Å². The van der Waals surface area contributed by atoms with E-state index in [1.807, 2.05) is 24.0 Å². The first kappa shape index (κ1) is 27.4. The van der Waals surface area contributed by atoms with Gasteiger partial charge < -0.3 is 15.1 Å². The lowest BCUT2D eigenvalue weighted by molar-refractivity contribution is -0.137. The largest absolute Gasteiger partial charge is 0.416 e. The summed E-state index contributed by atoms with van der Waals surface area (Å²) in [7, 11) is 0. The van der Waals surface area contributed by atoms with Gasteiger partial charge in [-0.1, -0.05) is 58.0 Å². The van der Waals surface area contributed by atoms with Crippen molar-refractivity contribution in [2.24, 2.45) is 0 Å². The van der Waals surface area contributed by atoms with Crippen molar-refractivity contribution >= 4 is 17.5 Å². The lowest BCUT2D eigenvalue weighted by Gasteiger charge is -2.36. The minimum Gasteiger partial charge on any atom is -0.353 e. The van der Waals surface area contributed by atoms with Crippen LogP contribution in [0.5, 0.6) is 0 Å². The predicted octanol–water partition coefficient (Wildman–Crippen LogP) is 7.07. The van der Waals surface area contributed by atoms with Crippen molar-refractivity contribution in [3.05, 3.63) is 70.9 Å². The van der Waals surface area contributed by atoms with Crippen LogP contribution in [-0.4, -0.2) is 47.1 Å². The van der Waals surface area contributed by atoms with Gasteiger partial charge in [-0.05, 0) is 42.0 Å². The molecule has 0 unspecified atom stereocenters. The molecule has 1 saturated heterocycles. The summed E-state index contributed by atoms with van der Waals surface area (Å²) in [6.07, 6.45) is -4.39. The van der Waals surface area contributed by atoms with Crippen LogP contribution in [0, 0.1) is 6.92 Å². The number of rotatable bonds is 5. The Kier molecular flexibility index (Phi) is 7.94. The van der Waals surface area contributed by atoms with Gasteiger partial charge >= 0.3 is 12.2 Å². The molecule has 9 heteroatoms. The summed E-state index contributed by atoms with van der Waals surface area (Å²) in [5.41, 5.74) is 3.67. The molecule has 0 aliphatic carbocycles. The minimum atomic E-state index is -4.39. The minimum absolute atomic E-state index is 0.121. The normalized spacial score (nSPS) is 14.4. The molecule has 1 fully saturated rings. The van der Waals surface area contributed by atoms with Crippen LogP contribution in [0.15, 0.2) is 48.5 Å². The highest BCUT2D eigenvalue weighted by molar-refractivity contribution is 5.91. The van der Waals surface area contributed by atoms with Crippen molar-refractivity contribution in [3.63, 3.8) is 0 Å². The number of aromatic nitrogens is 2. The van der Waals surface area contributed by atoms with E-state index in [0.717, 1.165) is 34.6 Å². The Hall–Kier alpha value is -3.62. The van der Waals surface area contributed by atoms with Crippen LogP contribution in [0.2, 0.25) is 0 Å². The number of nitrogens with one attached hydrogen (secondary N) is 1. The molecule has 2 aromatic carbocycles. The topological polar surface area (TPSA) is 61.4 Å². The number of hydrogen-bond acceptors (Lipinski definition) is 4. The molecule has 3 aromatic rings. The molecular weight excluding hydrogens is 491 g/mol. The van der Waals surface area contributed by atoms with Crippen molar-refractivity contribution < 1.29 is 18.0 Å². The maximum Gasteiger partial charge on any atom is 0.416 e. The van der Waals surface area contributed by atoms with E-state index in [2.05, 4.69) is 60.0 Å². The first-order chi connectivity index (χ1) is 17.9. The van der Waals surface area contributed by atoms with Gasteiger partial charge in [-0.15, -0.1) is 0 Å². The Morgan fingerprint density at radius 2 is 1.47 bits per heavy atom. The lowest BCUT2D eigenvalue weighted by atomic mass is 9.93. The number of hydrogen-bond donors (Lipinski definition) is 1. The SMILES string of the molecule is Cc1cc(N2CCN(C(=O)Nc3c(C(C)C)cccc3C(C)C)CC2)nc(-c2ccc(C(F)(F)F)cc2)n1. The molecule has 38 heavy (non-hydrogen) atoms. The van der Waals surface area contributed by atoms with E-state index in [-0.39, 0.29) is 17.9 Å². The van der Waals surface area contributed by atoms with Crippen molar-refractivity contribution in [2.75, 3.05) is 36.4 Å². The monoisotopic (exact) mass is 525 g/mol. The highest BCUT2D eigenvalue weighted by atomic mass is 19.4. The van der Waals surface area contributed by atoms with Crippen LogP contribution >= 0.6 is 0 Å². The Morgan fingerprint density at radius 1 is 0.895 bits per heavy atom. The summed E-state index contributed by atoms with van der Waals surface area (Å²) in [6, 6.07) is 12.8. The summed E-state index contributed by atoms with van der Waals surface area (Å²) < 4.78 is 38.8. The number of aryl methyl sites for hydroxylation is 1. The van der Waals surface area contributed by atoms with Crippen LogP contribution in [0.25, 0.3) is 11.4 Å². The fourth-order valence-corrected chi connectivity index (χ4v) is 4.67. The van der Waals surface area contributed by atoms with E-state index in [1.165, 1.54) is 12.1 Å². The number of carbonyl (C=O) groups excluding carboxylic acids is 1. The van der Waals surface area contributed by atoms with E-state index in [1.54, 1.807) is 0 Å². The van der Waals surface area contributed by atoms with Gasteiger partial charge in [0.25, 0.3) is 0 Å². The molecule has 1 aliphatic rings. The van der Waals surface area contributed by atoms with Gasteiger partial charge in [0.1, 0.15) is 5.82 Å².